The van der Waals surface area contributed by atoms with Crippen molar-refractivity contribution in [3.63, 3.8) is 0 Å². The van der Waals surface area contributed by atoms with E-state index >= 15 is 0 Å². The van der Waals surface area contributed by atoms with Crippen LogP contribution in [0.5, 0.6) is 5.88 Å². The minimum absolute atomic E-state index is 0.0479. The number of aromatic amines is 1. The first-order valence-corrected chi connectivity index (χ1v) is 9.73. The number of anilines is 1. The molecule has 0 aliphatic carbocycles. The van der Waals surface area contributed by atoms with Crippen LogP contribution in [0.15, 0.2) is 66.1 Å². The molecular formula is C23H19N5O3. The fraction of sp³-hybridized carbons (Fsp3) is 0.174. The molecule has 1 amide bonds. The van der Waals surface area contributed by atoms with Gasteiger partial charge in [0, 0.05) is 18.4 Å². The van der Waals surface area contributed by atoms with E-state index in [0.29, 0.717) is 29.1 Å². The second-order valence-corrected chi connectivity index (χ2v) is 7.41. The lowest BCUT2D eigenvalue weighted by Gasteiger charge is -2.32. The Hall–Kier alpha value is -4.09. The normalized spacial score (nSPS) is 19.2. The average molecular weight is 413 g/mol. The maximum Gasteiger partial charge on any atom is 0.248 e. The first-order chi connectivity index (χ1) is 15.1. The van der Waals surface area contributed by atoms with E-state index in [9.17, 15) is 10.1 Å². The summed E-state index contributed by atoms with van der Waals surface area (Å²) in [7, 11) is 1.55. The van der Waals surface area contributed by atoms with Crippen LogP contribution in [0.2, 0.25) is 0 Å². The van der Waals surface area contributed by atoms with Crippen LogP contribution in [0.3, 0.4) is 0 Å². The summed E-state index contributed by atoms with van der Waals surface area (Å²) in [6, 6.07) is 19.3. The van der Waals surface area contributed by atoms with Gasteiger partial charge in [-0.15, -0.1) is 5.10 Å². The van der Waals surface area contributed by atoms with Gasteiger partial charge in [-0.3, -0.25) is 9.89 Å². The van der Waals surface area contributed by atoms with E-state index < -0.39 is 5.41 Å². The van der Waals surface area contributed by atoms with Gasteiger partial charge in [0.05, 0.1) is 24.4 Å². The monoisotopic (exact) mass is 413 g/mol. The number of benzene rings is 2. The molecule has 5 rings (SSSR count). The molecule has 0 fully saturated rings. The first kappa shape index (κ1) is 18.9. The molecule has 0 saturated heterocycles. The van der Waals surface area contributed by atoms with E-state index in [-0.39, 0.29) is 29.9 Å². The van der Waals surface area contributed by atoms with Crippen molar-refractivity contribution >= 4 is 11.6 Å². The van der Waals surface area contributed by atoms with Gasteiger partial charge in [-0.25, -0.2) is 0 Å². The molecule has 0 radical (unpaired) electrons. The number of H-pyrrole nitrogens is 1. The molecule has 2 aliphatic heterocycles. The molecule has 2 aromatic carbocycles. The van der Waals surface area contributed by atoms with Crippen molar-refractivity contribution in [2.24, 2.45) is 5.73 Å². The highest BCUT2D eigenvalue weighted by Crippen LogP contribution is 2.55. The molecule has 0 bridgehead atoms. The molecular weight excluding hydrogens is 394 g/mol. The molecule has 8 nitrogen and oxygen atoms in total. The summed E-state index contributed by atoms with van der Waals surface area (Å²) in [5.74, 6) is -0.233. The van der Waals surface area contributed by atoms with Crippen LogP contribution in [-0.4, -0.2) is 23.2 Å². The predicted octanol–water partition coefficient (Wildman–Crippen LogP) is 2.48. The second-order valence-electron chi connectivity index (χ2n) is 7.41. The average Bonchev–Trinajstić information content (AvgIpc) is 3.28. The third kappa shape index (κ3) is 2.50. The number of hydrogen-bond acceptors (Lipinski definition) is 6. The van der Waals surface area contributed by atoms with Gasteiger partial charge in [-0.1, -0.05) is 48.5 Å². The summed E-state index contributed by atoms with van der Waals surface area (Å²) in [6.07, 6.45) is 0. The summed E-state index contributed by atoms with van der Waals surface area (Å²) in [4.78, 5) is 15.9. The first-order valence-electron chi connectivity index (χ1n) is 9.73. The zero-order valence-corrected chi connectivity index (χ0v) is 16.8. The highest BCUT2D eigenvalue weighted by atomic mass is 16.5. The Morgan fingerprint density at radius 1 is 1.23 bits per heavy atom. The van der Waals surface area contributed by atoms with Crippen LogP contribution < -0.4 is 15.4 Å². The molecule has 8 heteroatoms. The van der Waals surface area contributed by atoms with Crippen molar-refractivity contribution in [1.29, 1.82) is 5.26 Å². The van der Waals surface area contributed by atoms with Gasteiger partial charge in [0.15, 0.2) is 0 Å². The van der Waals surface area contributed by atoms with Gasteiger partial charge in [-0.2, -0.15) is 5.26 Å². The zero-order chi connectivity index (χ0) is 21.6. The third-order valence-electron chi connectivity index (χ3n) is 5.76. The number of nitrogens with zero attached hydrogens (tertiary/aromatic N) is 3. The minimum Gasteiger partial charge on any atom is -0.420 e. The van der Waals surface area contributed by atoms with Gasteiger partial charge in [0.2, 0.25) is 17.7 Å². The number of nitriles is 1. The molecule has 3 heterocycles. The van der Waals surface area contributed by atoms with Crippen molar-refractivity contribution in [1.82, 2.24) is 10.2 Å². The molecule has 0 saturated carbocycles. The molecule has 1 aromatic heterocycles. The highest BCUT2D eigenvalue weighted by molar-refractivity contribution is 6.14. The summed E-state index contributed by atoms with van der Waals surface area (Å²) in [5.41, 5.74) is 8.10. The Bertz CT molecular complexity index is 1260. The number of ether oxygens (including phenoxy) is 2. The predicted molar refractivity (Wildman–Crippen MR) is 112 cm³/mol. The Morgan fingerprint density at radius 3 is 2.71 bits per heavy atom. The van der Waals surface area contributed by atoms with Gasteiger partial charge >= 0.3 is 0 Å². The number of carbonyl (C=O) groups excluding carboxylic acids is 1. The summed E-state index contributed by atoms with van der Waals surface area (Å²) in [6.45, 7) is 0.519. The van der Waals surface area contributed by atoms with Crippen molar-refractivity contribution in [2.45, 2.75) is 18.6 Å². The van der Waals surface area contributed by atoms with E-state index in [4.69, 9.17) is 15.2 Å². The zero-order valence-electron chi connectivity index (χ0n) is 16.8. The molecule has 1 atom stereocenters. The molecule has 3 N–H and O–H groups in total. The SMILES string of the molecule is COCc1[nH]nc2c1[C@]1(C(=O)N(Cc3ccccc3)c3ccccc31)C(C#N)=C(N)O2. The van der Waals surface area contributed by atoms with E-state index in [0.717, 1.165) is 5.56 Å². The Labute approximate surface area is 178 Å². The summed E-state index contributed by atoms with van der Waals surface area (Å²) < 4.78 is 10.9. The van der Waals surface area contributed by atoms with E-state index in [1.165, 1.54) is 0 Å². The topological polar surface area (TPSA) is 117 Å². The number of nitrogens with one attached hydrogen (secondary N) is 1. The number of hydrogen-bond donors (Lipinski definition) is 2. The number of aromatic nitrogens is 2. The van der Waals surface area contributed by atoms with Crippen LogP contribution in [0, 0.1) is 11.3 Å². The number of rotatable bonds is 4. The fourth-order valence-electron chi connectivity index (χ4n) is 4.53. The number of nitrogens with two attached hydrogens (primary N) is 1. The largest absolute Gasteiger partial charge is 0.420 e. The van der Waals surface area contributed by atoms with Gasteiger partial charge in [0.25, 0.3) is 0 Å². The van der Waals surface area contributed by atoms with E-state index in [1.807, 2.05) is 54.6 Å². The molecule has 3 aromatic rings. The number of methoxy groups -OCH3 is 1. The standard InChI is InChI=1S/C23H19N5O3/c1-30-13-17-19-21(27-26-17)31-20(25)16(11-24)23(19)15-9-5-6-10-18(15)28(22(23)29)12-14-7-3-2-4-8-14/h2-10H,12-13,25H2,1H3,(H,26,27)/t23-/m1/s1. The maximum atomic E-state index is 14.2. The van der Waals surface area contributed by atoms with Crippen LogP contribution in [-0.2, 0) is 28.1 Å². The van der Waals surface area contributed by atoms with Crippen LogP contribution >= 0.6 is 0 Å². The Kier molecular flexibility index (Phi) is 4.27. The van der Waals surface area contributed by atoms with Gasteiger partial charge in [0.1, 0.15) is 17.1 Å². The lowest BCUT2D eigenvalue weighted by molar-refractivity contribution is -0.121. The number of carbonyl (C=O) groups is 1. The van der Waals surface area contributed by atoms with Crippen LogP contribution in [0.1, 0.15) is 22.4 Å². The van der Waals surface area contributed by atoms with Crippen molar-refractivity contribution in [3.8, 4) is 11.9 Å². The molecule has 154 valence electrons. The molecule has 2 aliphatic rings. The van der Waals surface area contributed by atoms with Crippen molar-refractivity contribution < 1.29 is 14.3 Å². The molecule has 0 unspecified atom stereocenters. The Balaban J connectivity index is 1.79. The highest BCUT2D eigenvalue weighted by Gasteiger charge is 2.60. The number of amides is 1. The van der Waals surface area contributed by atoms with Gasteiger partial charge < -0.3 is 20.1 Å². The fourth-order valence-corrected chi connectivity index (χ4v) is 4.53. The lowest BCUT2D eigenvalue weighted by atomic mass is 9.69. The molecule has 31 heavy (non-hydrogen) atoms. The van der Waals surface area contributed by atoms with Gasteiger partial charge in [-0.05, 0) is 11.6 Å². The Morgan fingerprint density at radius 2 is 1.97 bits per heavy atom. The lowest BCUT2D eigenvalue weighted by Crippen LogP contribution is -2.46. The maximum absolute atomic E-state index is 14.2. The summed E-state index contributed by atoms with van der Waals surface area (Å²) in [5, 5.41) is 17.2. The number of fused-ring (bicyclic) bond motifs is 4. The smallest absolute Gasteiger partial charge is 0.248 e. The van der Waals surface area contributed by atoms with E-state index in [2.05, 4.69) is 16.3 Å². The second kappa shape index (κ2) is 7.00. The number of para-hydroxylation sites is 1. The van der Waals surface area contributed by atoms with Crippen molar-refractivity contribution in [3.05, 3.63) is 88.4 Å². The van der Waals surface area contributed by atoms with Crippen molar-refractivity contribution in [2.75, 3.05) is 12.0 Å². The van der Waals surface area contributed by atoms with Crippen LogP contribution in [0.4, 0.5) is 5.69 Å². The summed E-state index contributed by atoms with van der Waals surface area (Å²) >= 11 is 0. The van der Waals surface area contributed by atoms with Crippen LogP contribution in [0.25, 0.3) is 0 Å². The van der Waals surface area contributed by atoms with E-state index in [1.54, 1.807) is 12.0 Å². The third-order valence-corrected chi connectivity index (χ3v) is 5.76. The quantitative estimate of drug-likeness (QED) is 0.679. The minimum atomic E-state index is -1.46. The molecule has 1 spiro atoms.